The third kappa shape index (κ3) is 1.98. The van der Waals surface area contributed by atoms with E-state index in [1.54, 1.807) is 0 Å². The molecule has 16 heavy (non-hydrogen) atoms. The molecule has 0 aliphatic heterocycles. The molecule has 1 aliphatic carbocycles. The topological polar surface area (TPSA) is 78.9 Å². The number of hydrogen-bond acceptors (Lipinski definition) is 3. The molecule has 1 aromatic rings. The molecule has 1 heterocycles. The number of aryl methyl sites for hydroxylation is 1. The molecular formula is C11H15N3O2. The van der Waals surface area contributed by atoms with Gasteiger partial charge < -0.3 is 5.11 Å². The van der Waals surface area contributed by atoms with Crippen LogP contribution < -0.4 is 0 Å². The molecule has 0 spiro atoms. The summed E-state index contributed by atoms with van der Waals surface area (Å²) in [5.41, 5.74) is 0. The van der Waals surface area contributed by atoms with E-state index >= 15 is 0 Å². The number of aromatic amines is 1. The average molecular weight is 221 g/mol. The van der Waals surface area contributed by atoms with Gasteiger partial charge in [-0.25, -0.2) is 4.98 Å². The number of H-pyrrole nitrogens is 1. The minimum absolute atomic E-state index is 0.0981. The fraction of sp³-hybridized carbons (Fsp3) is 0.545. The van der Waals surface area contributed by atoms with Crippen molar-refractivity contribution in [2.75, 3.05) is 0 Å². The lowest BCUT2D eigenvalue weighted by Crippen LogP contribution is -2.24. The number of aromatic nitrogens is 3. The minimum Gasteiger partial charge on any atom is -0.481 e. The van der Waals surface area contributed by atoms with E-state index < -0.39 is 11.9 Å². The number of carboxylic acid groups (broad SMARTS) is 1. The highest BCUT2D eigenvalue weighted by molar-refractivity contribution is 5.71. The molecule has 0 radical (unpaired) electrons. The van der Waals surface area contributed by atoms with Gasteiger partial charge >= 0.3 is 5.97 Å². The first-order valence-electron chi connectivity index (χ1n) is 5.51. The lowest BCUT2D eigenvalue weighted by atomic mass is 9.82. The second kappa shape index (κ2) is 4.47. The number of nitrogens with one attached hydrogen (secondary N) is 1. The first kappa shape index (κ1) is 10.9. The summed E-state index contributed by atoms with van der Waals surface area (Å²) in [6.07, 6.45) is 5.98. The highest BCUT2D eigenvalue weighted by Crippen LogP contribution is 2.32. The molecule has 1 aliphatic rings. The van der Waals surface area contributed by atoms with Gasteiger partial charge in [0.15, 0.2) is 5.82 Å². The molecule has 1 aromatic heterocycles. The number of carbonyl (C=O) groups is 1. The Hall–Kier alpha value is -1.65. The molecule has 2 N–H and O–H groups in total. The molecule has 0 bridgehead atoms. The van der Waals surface area contributed by atoms with Gasteiger partial charge in [-0.1, -0.05) is 19.1 Å². The zero-order valence-electron chi connectivity index (χ0n) is 9.18. The zero-order chi connectivity index (χ0) is 11.5. The lowest BCUT2D eigenvalue weighted by Gasteiger charge is -2.22. The summed E-state index contributed by atoms with van der Waals surface area (Å²) in [5.74, 6) is 0.184. The Morgan fingerprint density at radius 1 is 1.56 bits per heavy atom. The van der Waals surface area contributed by atoms with Crippen molar-refractivity contribution in [3.8, 4) is 0 Å². The first-order chi connectivity index (χ1) is 7.72. The van der Waals surface area contributed by atoms with Crippen LogP contribution >= 0.6 is 0 Å². The van der Waals surface area contributed by atoms with Crippen LogP contribution in [0.1, 0.15) is 37.3 Å². The van der Waals surface area contributed by atoms with Crippen molar-refractivity contribution >= 4 is 5.97 Å². The minimum atomic E-state index is -0.766. The molecule has 0 unspecified atom stereocenters. The van der Waals surface area contributed by atoms with Crippen LogP contribution in [0.15, 0.2) is 12.2 Å². The molecule has 0 saturated heterocycles. The quantitative estimate of drug-likeness (QED) is 0.758. The van der Waals surface area contributed by atoms with Gasteiger partial charge in [0, 0.05) is 12.3 Å². The van der Waals surface area contributed by atoms with Crippen LogP contribution in [-0.4, -0.2) is 26.3 Å². The van der Waals surface area contributed by atoms with E-state index in [2.05, 4.69) is 15.2 Å². The van der Waals surface area contributed by atoms with Gasteiger partial charge in [-0.05, 0) is 12.8 Å². The van der Waals surface area contributed by atoms with Crippen molar-refractivity contribution in [1.29, 1.82) is 0 Å². The van der Waals surface area contributed by atoms with Crippen molar-refractivity contribution in [2.45, 2.75) is 32.1 Å². The Morgan fingerprint density at radius 2 is 2.31 bits per heavy atom. The Balaban J connectivity index is 2.23. The zero-order valence-corrected chi connectivity index (χ0v) is 9.18. The van der Waals surface area contributed by atoms with Crippen molar-refractivity contribution < 1.29 is 9.90 Å². The molecule has 5 nitrogen and oxygen atoms in total. The van der Waals surface area contributed by atoms with Crippen LogP contribution in [0.4, 0.5) is 0 Å². The predicted octanol–water partition coefficient (Wildman–Crippen LogP) is 1.50. The van der Waals surface area contributed by atoms with E-state index in [1.807, 2.05) is 19.1 Å². The van der Waals surface area contributed by atoms with Crippen LogP contribution in [0.2, 0.25) is 0 Å². The number of nitrogens with zero attached hydrogens (tertiary/aromatic N) is 2. The van der Waals surface area contributed by atoms with Crippen LogP contribution in [0.5, 0.6) is 0 Å². The molecular weight excluding hydrogens is 206 g/mol. The second-order valence-electron chi connectivity index (χ2n) is 3.99. The summed E-state index contributed by atoms with van der Waals surface area (Å²) in [7, 11) is 0. The van der Waals surface area contributed by atoms with Crippen LogP contribution in [0, 0.1) is 5.92 Å². The second-order valence-corrected chi connectivity index (χ2v) is 3.99. The highest BCUT2D eigenvalue weighted by Gasteiger charge is 2.32. The van der Waals surface area contributed by atoms with E-state index in [4.69, 9.17) is 5.11 Å². The SMILES string of the molecule is CCc1nc([C@@H]2CC=CC[C@@H]2C(=O)O)n[nH]1. The van der Waals surface area contributed by atoms with Crippen molar-refractivity contribution in [2.24, 2.45) is 5.92 Å². The fourth-order valence-electron chi connectivity index (χ4n) is 2.01. The average Bonchev–Trinajstić information content (AvgIpc) is 2.77. The number of hydrogen-bond donors (Lipinski definition) is 2. The summed E-state index contributed by atoms with van der Waals surface area (Å²) < 4.78 is 0. The van der Waals surface area contributed by atoms with Crippen LogP contribution in [0.25, 0.3) is 0 Å². The largest absolute Gasteiger partial charge is 0.481 e. The summed E-state index contributed by atoms with van der Waals surface area (Å²) in [5, 5.41) is 16.1. The summed E-state index contributed by atoms with van der Waals surface area (Å²) in [4.78, 5) is 15.4. The maximum Gasteiger partial charge on any atom is 0.307 e. The van der Waals surface area contributed by atoms with E-state index in [1.165, 1.54) is 0 Å². The predicted molar refractivity (Wildman–Crippen MR) is 58.0 cm³/mol. The van der Waals surface area contributed by atoms with Crippen molar-refractivity contribution in [1.82, 2.24) is 15.2 Å². The maximum absolute atomic E-state index is 11.1. The smallest absolute Gasteiger partial charge is 0.307 e. The molecule has 2 rings (SSSR count). The van der Waals surface area contributed by atoms with Crippen molar-refractivity contribution in [3.63, 3.8) is 0 Å². The third-order valence-electron chi connectivity index (χ3n) is 2.97. The van der Waals surface area contributed by atoms with Gasteiger partial charge in [-0.3, -0.25) is 9.89 Å². The monoisotopic (exact) mass is 221 g/mol. The van der Waals surface area contributed by atoms with Crippen molar-refractivity contribution in [3.05, 3.63) is 23.8 Å². The molecule has 0 saturated carbocycles. The molecule has 5 heteroatoms. The van der Waals surface area contributed by atoms with Gasteiger partial charge in [0.1, 0.15) is 5.82 Å². The van der Waals surface area contributed by atoms with Gasteiger partial charge in [0.25, 0.3) is 0 Å². The highest BCUT2D eigenvalue weighted by atomic mass is 16.4. The molecule has 0 amide bonds. The Morgan fingerprint density at radius 3 is 2.94 bits per heavy atom. The Labute approximate surface area is 93.6 Å². The number of carboxylic acids is 1. The summed E-state index contributed by atoms with van der Waals surface area (Å²) >= 11 is 0. The standard InChI is InChI=1S/C11H15N3O2/c1-2-9-12-10(14-13-9)7-5-3-4-6-8(7)11(15)16/h3-4,7-8H,2,5-6H2,1H3,(H,15,16)(H,12,13,14)/t7-,8+/m1/s1. The fourth-order valence-corrected chi connectivity index (χ4v) is 2.01. The van der Waals surface area contributed by atoms with Crippen LogP contribution in [-0.2, 0) is 11.2 Å². The van der Waals surface area contributed by atoms with Gasteiger partial charge in [0.2, 0.25) is 0 Å². The lowest BCUT2D eigenvalue weighted by molar-refractivity contribution is -0.142. The van der Waals surface area contributed by atoms with Crippen LogP contribution in [0.3, 0.4) is 0 Å². The van der Waals surface area contributed by atoms with E-state index in [0.717, 1.165) is 12.2 Å². The van der Waals surface area contributed by atoms with Gasteiger partial charge in [0.05, 0.1) is 5.92 Å². The maximum atomic E-state index is 11.1. The molecule has 0 aromatic carbocycles. The third-order valence-corrected chi connectivity index (χ3v) is 2.97. The number of rotatable bonds is 3. The Bertz CT molecular complexity index is 411. The van der Waals surface area contributed by atoms with Gasteiger partial charge in [-0.2, -0.15) is 5.10 Å². The normalized spacial score (nSPS) is 24.6. The van der Waals surface area contributed by atoms with E-state index in [-0.39, 0.29) is 5.92 Å². The first-order valence-corrected chi connectivity index (χ1v) is 5.51. The summed E-state index contributed by atoms with van der Waals surface area (Å²) in [6, 6.07) is 0. The molecule has 2 atom stereocenters. The molecule has 0 fully saturated rings. The number of aliphatic carboxylic acids is 1. The molecule has 86 valence electrons. The van der Waals surface area contributed by atoms with E-state index in [9.17, 15) is 4.79 Å². The number of allylic oxidation sites excluding steroid dienone is 2. The summed E-state index contributed by atoms with van der Waals surface area (Å²) in [6.45, 7) is 1.99. The van der Waals surface area contributed by atoms with E-state index in [0.29, 0.717) is 18.7 Å². The Kier molecular flexibility index (Phi) is 3.03. The van der Waals surface area contributed by atoms with Gasteiger partial charge in [-0.15, -0.1) is 0 Å².